The molecule has 1 saturated heterocycles. The highest BCUT2D eigenvalue weighted by Crippen LogP contribution is 2.29. The van der Waals surface area contributed by atoms with Crippen LogP contribution in [0.3, 0.4) is 0 Å². The zero-order valence-corrected chi connectivity index (χ0v) is 17.5. The number of benzene rings is 2. The van der Waals surface area contributed by atoms with Crippen LogP contribution in [0.5, 0.6) is 0 Å². The van der Waals surface area contributed by atoms with E-state index in [2.05, 4.69) is 5.32 Å². The van der Waals surface area contributed by atoms with Gasteiger partial charge in [-0.3, -0.25) is 9.59 Å². The third-order valence-electron chi connectivity index (χ3n) is 5.18. The van der Waals surface area contributed by atoms with Crippen molar-refractivity contribution in [2.75, 3.05) is 26.0 Å². The van der Waals surface area contributed by atoms with Crippen LogP contribution in [0.15, 0.2) is 59.5 Å². The van der Waals surface area contributed by atoms with Gasteiger partial charge in [-0.2, -0.15) is 0 Å². The van der Waals surface area contributed by atoms with Crippen molar-refractivity contribution in [2.24, 2.45) is 5.92 Å². The minimum atomic E-state index is -3.52. The lowest BCUT2D eigenvalue weighted by Gasteiger charge is -2.25. The van der Waals surface area contributed by atoms with Gasteiger partial charge >= 0.3 is 0 Å². The Morgan fingerprint density at radius 3 is 2.31 bits per heavy atom. The third kappa shape index (κ3) is 4.49. The second kappa shape index (κ2) is 8.34. The third-order valence-corrected chi connectivity index (χ3v) is 7.01. The van der Waals surface area contributed by atoms with Crippen molar-refractivity contribution in [1.29, 1.82) is 0 Å². The first-order chi connectivity index (χ1) is 13.7. The molecule has 0 aliphatic carbocycles. The van der Waals surface area contributed by atoms with Crippen molar-refractivity contribution < 1.29 is 18.0 Å². The molecule has 29 heavy (non-hydrogen) atoms. The van der Waals surface area contributed by atoms with E-state index in [0.29, 0.717) is 12.2 Å². The van der Waals surface area contributed by atoms with Crippen molar-refractivity contribution in [3.8, 4) is 0 Å². The molecule has 1 aliphatic heterocycles. The van der Waals surface area contributed by atoms with Gasteiger partial charge in [-0.05, 0) is 36.8 Å². The Labute approximate surface area is 171 Å². The van der Waals surface area contributed by atoms with E-state index in [1.807, 2.05) is 37.3 Å². The standard InChI is InChI=1S/C21H25N3O4S/c1-15(16-7-5-4-6-8-16)24-14-17(13-20(24)25)21(26)22-18-9-11-19(12-10-18)29(27,28)23(2)3/h4-12,15,17H,13-14H2,1-3H3,(H,22,26)/t15-,17+/m0/s1. The maximum Gasteiger partial charge on any atom is 0.242 e. The molecule has 154 valence electrons. The fraction of sp³-hybridized carbons (Fsp3) is 0.333. The summed E-state index contributed by atoms with van der Waals surface area (Å²) in [5.41, 5.74) is 1.52. The van der Waals surface area contributed by atoms with Gasteiger partial charge in [0.2, 0.25) is 21.8 Å². The van der Waals surface area contributed by atoms with Crippen LogP contribution < -0.4 is 5.32 Å². The number of anilines is 1. The number of carbonyl (C=O) groups excluding carboxylic acids is 2. The molecule has 0 aromatic heterocycles. The van der Waals surface area contributed by atoms with Crippen molar-refractivity contribution >= 4 is 27.5 Å². The number of nitrogens with zero attached hydrogens (tertiary/aromatic N) is 2. The lowest BCUT2D eigenvalue weighted by molar-refractivity contribution is -0.129. The van der Waals surface area contributed by atoms with Gasteiger partial charge in [0.25, 0.3) is 0 Å². The largest absolute Gasteiger partial charge is 0.335 e. The molecule has 7 nitrogen and oxygen atoms in total. The van der Waals surface area contributed by atoms with E-state index in [-0.39, 0.29) is 29.2 Å². The summed E-state index contributed by atoms with van der Waals surface area (Å²) in [5, 5.41) is 2.79. The van der Waals surface area contributed by atoms with E-state index >= 15 is 0 Å². The second-order valence-corrected chi connectivity index (χ2v) is 9.49. The molecule has 2 amide bonds. The van der Waals surface area contributed by atoms with Crippen LogP contribution in [0, 0.1) is 5.92 Å². The van der Waals surface area contributed by atoms with Crippen LogP contribution in [0.2, 0.25) is 0 Å². The number of nitrogens with one attached hydrogen (secondary N) is 1. The Hall–Kier alpha value is -2.71. The Kier molecular flexibility index (Phi) is 6.04. The number of likely N-dealkylation sites (tertiary alicyclic amines) is 1. The molecule has 0 radical (unpaired) electrons. The van der Waals surface area contributed by atoms with Crippen LogP contribution in [0.1, 0.15) is 24.9 Å². The monoisotopic (exact) mass is 415 g/mol. The summed E-state index contributed by atoms with van der Waals surface area (Å²) >= 11 is 0. The summed E-state index contributed by atoms with van der Waals surface area (Å²) in [6.07, 6.45) is 0.163. The van der Waals surface area contributed by atoms with Crippen LogP contribution in [-0.4, -0.2) is 50.1 Å². The Balaban J connectivity index is 1.65. The van der Waals surface area contributed by atoms with Crippen LogP contribution in [0.25, 0.3) is 0 Å². The summed E-state index contributed by atoms with van der Waals surface area (Å²) in [4.78, 5) is 27.0. The van der Waals surface area contributed by atoms with Gasteiger partial charge in [0.1, 0.15) is 0 Å². The molecule has 2 atom stereocenters. The van der Waals surface area contributed by atoms with E-state index in [0.717, 1.165) is 9.87 Å². The van der Waals surface area contributed by atoms with Crippen LogP contribution >= 0.6 is 0 Å². The normalized spacial score (nSPS) is 18.1. The minimum absolute atomic E-state index is 0.0473. The van der Waals surface area contributed by atoms with Gasteiger partial charge < -0.3 is 10.2 Å². The second-order valence-electron chi connectivity index (χ2n) is 7.33. The quantitative estimate of drug-likeness (QED) is 0.785. The van der Waals surface area contributed by atoms with Crippen LogP contribution in [0.4, 0.5) is 5.69 Å². The summed E-state index contributed by atoms with van der Waals surface area (Å²) in [6.45, 7) is 2.31. The first kappa shape index (κ1) is 21.0. The highest BCUT2D eigenvalue weighted by molar-refractivity contribution is 7.89. The minimum Gasteiger partial charge on any atom is -0.335 e. The molecule has 0 bridgehead atoms. The summed E-state index contributed by atoms with van der Waals surface area (Å²) in [5.74, 6) is -0.739. The molecule has 2 aromatic carbocycles. The average molecular weight is 416 g/mol. The number of sulfonamides is 1. The smallest absolute Gasteiger partial charge is 0.242 e. The first-order valence-electron chi connectivity index (χ1n) is 9.38. The molecule has 0 unspecified atom stereocenters. The Morgan fingerprint density at radius 2 is 1.72 bits per heavy atom. The SMILES string of the molecule is C[C@@H](c1ccccc1)N1C[C@H](C(=O)Nc2ccc(S(=O)(=O)N(C)C)cc2)CC1=O. The van der Waals surface area contributed by atoms with Gasteiger partial charge in [0.05, 0.1) is 16.9 Å². The predicted molar refractivity (Wildman–Crippen MR) is 111 cm³/mol. The molecule has 0 saturated carbocycles. The highest BCUT2D eigenvalue weighted by Gasteiger charge is 2.37. The zero-order chi connectivity index (χ0) is 21.2. The van der Waals surface area contributed by atoms with Crippen molar-refractivity contribution in [3.63, 3.8) is 0 Å². The molecular formula is C21H25N3O4S. The predicted octanol–water partition coefficient (Wildman–Crippen LogP) is 2.49. The number of amides is 2. The zero-order valence-electron chi connectivity index (χ0n) is 16.7. The maximum absolute atomic E-state index is 12.6. The number of hydrogen-bond donors (Lipinski definition) is 1. The molecule has 2 aromatic rings. The Bertz CT molecular complexity index is 988. The number of carbonyl (C=O) groups is 2. The van der Waals surface area contributed by atoms with E-state index < -0.39 is 15.9 Å². The lowest BCUT2D eigenvalue weighted by atomic mass is 10.1. The fourth-order valence-electron chi connectivity index (χ4n) is 3.36. The van der Waals surface area contributed by atoms with Gasteiger partial charge in [-0.15, -0.1) is 0 Å². The maximum atomic E-state index is 12.6. The first-order valence-corrected chi connectivity index (χ1v) is 10.8. The van der Waals surface area contributed by atoms with E-state index in [1.54, 1.807) is 17.0 Å². The average Bonchev–Trinajstić information content (AvgIpc) is 3.10. The van der Waals surface area contributed by atoms with Crippen molar-refractivity contribution in [3.05, 3.63) is 60.2 Å². The molecular weight excluding hydrogens is 390 g/mol. The molecule has 8 heteroatoms. The molecule has 1 aliphatic rings. The van der Waals surface area contributed by atoms with Crippen molar-refractivity contribution in [1.82, 2.24) is 9.21 Å². The van der Waals surface area contributed by atoms with Gasteiger partial charge in [0, 0.05) is 32.7 Å². The van der Waals surface area contributed by atoms with Gasteiger partial charge in [-0.25, -0.2) is 12.7 Å². The topological polar surface area (TPSA) is 86.8 Å². The Morgan fingerprint density at radius 1 is 1.10 bits per heavy atom. The van der Waals surface area contributed by atoms with Gasteiger partial charge in [-0.1, -0.05) is 30.3 Å². The highest BCUT2D eigenvalue weighted by atomic mass is 32.2. The van der Waals surface area contributed by atoms with E-state index in [4.69, 9.17) is 0 Å². The summed E-state index contributed by atoms with van der Waals surface area (Å²) in [7, 11) is -0.594. The number of hydrogen-bond acceptors (Lipinski definition) is 4. The molecule has 1 N–H and O–H groups in total. The van der Waals surface area contributed by atoms with E-state index in [9.17, 15) is 18.0 Å². The number of rotatable bonds is 6. The van der Waals surface area contributed by atoms with Crippen LogP contribution in [-0.2, 0) is 19.6 Å². The fourth-order valence-corrected chi connectivity index (χ4v) is 4.26. The van der Waals surface area contributed by atoms with Gasteiger partial charge in [0.15, 0.2) is 0 Å². The molecule has 1 fully saturated rings. The molecule has 3 rings (SSSR count). The van der Waals surface area contributed by atoms with Crippen molar-refractivity contribution in [2.45, 2.75) is 24.3 Å². The lowest BCUT2D eigenvalue weighted by Crippen LogP contribution is -2.30. The summed E-state index contributed by atoms with van der Waals surface area (Å²) in [6, 6.07) is 15.6. The molecule has 1 heterocycles. The van der Waals surface area contributed by atoms with E-state index in [1.165, 1.54) is 26.2 Å². The summed E-state index contributed by atoms with van der Waals surface area (Å²) < 4.78 is 25.4. The molecule has 0 spiro atoms.